The third-order valence-corrected chi connectivity index (χ3v) is 14.0. The number of nitrogens with zero attached hydrogens (tertiary/aromatic N) is 5. The lowest BCUT2D eigenvalue weighted by Crippen LogP contribution is -2.11. The molecule has 12 aromatic rings. The largest absolute Gasteiger partial charge is 0.416 e. The maximum atomic E-state index is 16.0. The molecule has 5 nitrogen and oxygen atoms in total. The van der Waals surface area contributed by atoms with Crippen molar-refractivity contribution in [2.75, 3.05) is 0 Å². The fourth-order valence-corrected chi connectivity index (χ4v) is 10.4. The minimum atomic E-state index is -4.79. The molecule has 12 rings (SSSR count). The number of halogens is 3. The average Bonchev–Trinajstić information content (AvgIpc) is 3.75. The molecule has 0 N–H and O–H groups in total. The van der Waals surface area contributed by atoms with E-state index < -0.39 is 11.7 Å². The van der Waals surface area contributed by atoms with Crippen molar-refractivity contribution in [1.29, 1.82) is 0 Å². The Bertz CT molecular complexity index is 3760. The van der Waals surface area contributed by atoms with Crippen molar-refractivity contribution in [3.63, 3.8) is 0 Å². The van der Waals surface area contributed by atoms with Gasteiger partial charge < -0.3 is 4.57 Å². The molecule has 3 aromatic heterocycles. The SMILES string of the molecule is Cc1ccc(-c2ccc3c(c2)c2cc(-c4ccc(C)cc4C)ccc2n3-c2c(-c3cc(-c4ccccc4)nc(-c4ccccc4)n3)cc(C(F)(F)F)cc2-c2nc(-c3ccccc3)cc(-c3ccccc3)n2)c(C)c1. The number of alkyl halides is 3. The van der Waals surface area contributed by atoms with Crippen LogP contribution in [0.25, 0.3) is 118 Å². The Morgan fingerprint density at radius 1 is 0.333 bits per heavy atom. The van der Waals surface area contributed by atoms with E-state index in [9.17, 15) is 0 Å². The monoisotopic (exact) mass is 979 g/mol. The van der Waals surface area contributed by atoms with E-state index >= 15 is 13.2 Å². The zero-order chi connectivity index (χ0) is 51.4. The Morgan fingerprint density at radius 3 is 1.17 bits per heavy atom. The predicted octanol–water partition coefficient (Wildman–Crippen LogP) is 18.0. The van der Waals surface area contributed by atoms with Gasteiger partial charge in [0.15, 0.2) is 11.6 Å². The van der Waals surface area contributed by atoms with E-state index in [1.807, 2.05) is 127 Å². The van der Waals surface area contributed by atoms with E-state index in [-0.39, 0.29) is 17.0 Å². The van der Waals surface area contributed by atoms with Crippen molar-refractivity contribution in [3.8, 4) is 95.7 Å². The summed E-state index contributed by atoms with van der Waals surface area (Å²) in [6, 6.07) is 70.4. The number of aromatic nitrogens is 5. The molecular weight excluding hydrogens is 932 g/mol. The third kappa shape index (κ3) is 8.95. The van der Waals surface area contributed by atoms with Crippen LogP contribution in [0.1, 0.15) is 27.8 Å². The second-order valence-electron chi connectivity index (χ2n) is 19.2. The number of hydrogen-bond donors (Lipinski definition) is 0. The molecule has 362 valence electrons. The van der Waals surface area contributed by atoms with Gasteiger partial charge in [-0.25, -0.2) is 19.9 Å². The summed E-state index contributed by atoms with van der Waals surface area (Å²) in [5, 5.41) is 1.85. The van der Waals surface area contributed by atoms with E-state index in [0.29, 0.717) is 39.9 Å². The zero-order valence-electron chi connectivity index (χ0n) is 41.7. The summed E-state index contributed by atoms with van der Waals surface area (Å²) in [6.07, 6.45) is -4.79. The quantitative estimate of drug-likeness (QED) is 0.145. The first-order valence-electron chi connectivity index (χ1n) is 24.9. The van der Waals surface area contributed by atoms with Gasteiger partial charge in [-0.15, -0.1) is 0 Å². The third-order valence-electron chi connectivity index (χ3n) is 14.0. The van der Waals surface area contributed by atoms with Gasteiger partial charge in [0.25, 0.3) is 0 Å². The highest BCUT2D eigenvalue weighted by Gasteiger charge is 2.35. The van der Waals surface area contributed by atoms with Crippen molar-refractivity contribution in [1.82, 2.24) is 24.5 Å². The van der Waals surface area contributed by atoms with Gasteiger partial charge >= 0.3 is 6.18 Å². The summed E-state index contributed by atoms with van der Waals surface area (Å²) >= 11 is 0. The standard InChI is InChI=1S/C67H48F3N5/c1-41-25-29-52(43(3)33-41)49-27-31-62-54(35-49)55-36-50(53-30-26-42(2)34-44(53)4)28-32-63(55)75(62)64-56(61-40-60(47-21-13-7-14-22-47)71-65(74-61)48-23-15-8-16-24-48)37-51(67(68,69)70)38-57(64)66-72-58(45-17-9-5-10-18-45)39-59(73-66)46-19-11-6-12-20-46/h5-40H,1-4H3. The van der Waals surface area contributed by atoms with Crippen molar-refractivity contribution >= 4 is 21.8 Å². The maximum Gasteiger partial charge on any atom is 0.416 e. The molecule has 0 atom stereocenters. The van der Waals surface area contributed by atoms with Crippen LogP contribution in [0.2, 0.25) is 0 Å². The Hall–Kier alpha value is -9.27. The number of benzene rings is 9. The molecule has 0 spiro atoms. The number of fused-ring (bicyclic) bond motifs is 3. The summed E-state index contributed by atoms with van der Waals surface area (Å²) in [5.41, 5.74) is 15.4. The van der Waals surface area contributed by atoms with E-state index in [2.05, 4.69) is 105 Å². The molecule has 0 radical (unpaired) electrons. The highest BCUT2D eigenvalue weighted by Crippen LogP contribution is 2.47. The van der Waals surface area contributed by atoms with Crippen LogP contribution in [0.15, 0.2) is 218 Å². The Labute approximate surface area is 433 Å². The number of rotatable bonds is 9. The second-order valence-corrected chi connectivity index (χ2v) is 19.2. The lowest BCUT2D eigenvalue weighted by atomic mass is 9.95. The normalized spacial score (nSPS) is 11.7. The Morgan fingerprint density at radius 2 is 0.733 bits per heavy atom. The van der Waals surface area contributed by atoms with Crippen molar-refractivity contribution in [2.45, 2.75) is 33.9 Å². The maximum absolute atomic E-state index is 16.0. The van der Waals surface area contributed by atoms with Crippen molar-refractivity contribution in [2.24, 2.45) is 0 Å². The Balaban J connectivity index is 1.25. The van der Waals surface area contributed by atoms with Crippen LogP contribution < -0.4 is 0 Å². The van der Waals surface area contributed by atoms with Crippen molar-refractivity contribution in [3.05, 3.63) is 246 Å². The van der Waals surface area contributed by atoms with Gasteiger partial charge in [0.1, 0.15) is 0 Å². The van der Waals surface area contributed by atoms with Gasteiger partial charge in [0.2, 0.25) is 0 Å². The van der Waals surface area contributed by atoms with Crippen molar-refractivity contribution < 1.29 is 13.2 Å². The second kappa shape index (κ2) is 19.0. The van der Waals surface area contributed by atoms with Crippen LogP contribution in [0.4, 0.5) is 13.2 Å². The molecule has 0 saturated carbocycles. The minimum absolute atomic E-state index is 0.118. The van der Waals surface area contributed by atoms with Gasteiger partial charge in [0.05, 0.1) is 45.1 Å². The molecule has 0 aliphatic rings. The minimum Gasteiger partial charge on any atom is -0.308 e. The smallest absolute Gasteiger partial charge is 0.308 e. The lowest BCUT2D eigenvalue weighted by Gasteiger charge is -2.22. The lowest BCUT2D eigenvalue weighted by molar-refractivity contribution is -0.137. The topological polar surface area (TPSA) is 56.5 Å². The molecule has 0 bridgehead atoms. The van der Waals surface area contributed by atoms with Gasteiger partial charge in [0, 0.05) is 44.2 Å². The predicted molar refractivity (Wildman–Crippen MR) is 299 cm³/mol. The highest BCUT2D eigenvalue weighted by molar-refractivity contribution is 6.13. The van der Waals surface area contributed by atoms with Gasteiger partial charge in [-0.05, 0) is 110 Å². The first-order chi connectivity index (χ1) is 36.4. The molecule has 9 aromatic carbocycles. The fourth-order valence-electron chi connectivity index (χ4n) is 10.4. The summed E-state index contributed by atoms with van der Waals surface area (Å²) in [6.45, 7) is 8.42. The van der Waals surface area contributed by atoms with Crippen LogP contribution in [0, 0.1) is 27.7 Å². The summed E-state index contributed by atoms with van der Waals surface area (Å²) in [5.74, 6) is 0.482. The average molecular weight is 980 g/mol. The first kappa shape index (κ1) is 46.8. The summed E-state index contributed by atoms with van der Waals surface area (Å²) in [4.78, 5) is 20.8. The van der Waals surface area contributed by atoms with E-state index in [1.165, 1.54) is 23.3 Å². The van der Waals surface area contributed by atoms with Crippen LogP contribution in [-0.2, 0) is 6.18 Å². The van der Waals surface area contributed by atoms with Gasteiger partial charge in [-0.1, -0.05) is 181 Å². The molecule has 0 aliphatic carbocycles. The number of hydrogen-bond acceptors (Lipinski definition) is 4. The zero-order valence-corrected chi connectivity index (χ0v) is 41.7. The van der Waals surface area contributed by atoms with Crippen LogP contribution in [0.5, 0.6) is 0 Å². The molecule has 3 heterocycles. The molecule has 75 heavy (non-hydrogen) atoms. The molecule has 0 aliphatic heterocycles. The molecule has 0 fully saturated rings. The Kier molecular flexibility index (Phi) is 11.8. The summed E-state index contributed by atoms with van der Waals surface area (Å²) < 4.78 is 50.0. The van der Waals surface area contributed by atoms with E-state index in [1.54, 1.807) is 6.07 Å². The van der Waals surface area contributed by atoms with Gasteiger partial charge in [-0.3, -0.25) is 0 Å². The summed E-state index contributed by atoms with van der Waals surface area (Å²) in [7, 11) is 0. The van der Waals surface area contributed by atoms with E-state index in [0.717, 1.165) is 71.9 Å². The molecule has 0 amide bonds. The highest BCUT2D eigenvalue weighted by atomic mass is 19.4. The molecular formula is C67H48F3N5. The van der Waals surface area contributed by atoms with E-state index in [4.69, 9.17) is 19.9 Å². The fraction of sp³-hybridized carbons (Fsp3) is 0.0746. The van der Waals surface area contributed by atoms with Crippen LogP contribution in [0.3, 0.4) is 0 Å². The molecule has 8 heteroatoms. The van der Waals surface area contributed by atoms with Crippen LogP contribution >= 0.6 is 0 Å². The molecule has 0 unspecified atom stereocenters. The molecule has 0 saturated heterocycles. The number of aryl methyl sites for hydroxylation is 4. The van der Waals surface area contributed by atoms with Gasteiger partial charge in [-0.2, -0.15) is 13.2 Å². The first-order valence-corrected chi connectivity index (χ1v) is 24.9. The van der Waals surface area contributed by atoms with Crippen LogP contribution in [-0.4, -0.2) is 24.5 Å².